The minimum Gasteiger partial charge on any atom is -0.311 e. The average Bonchev–Trinajstić information content (AvgIpc) is 1.96. The fourth-order valence-corrected chi connectivity index (χ4v) is 1.33. The van der Waals surface area contributed by atoms with Crippen LogP contribution < -0.4 is 5.32 Å². The van der Waals surface area contributed by atoms with Crippen LogP contribution in [-0.4, -0.2) is 18.3 Å². The summed E-state index contributed by atoms with van der Waals surface area (Å²) in [4.78, 5) is 0. The zero-order chi connectivity index (χ0) is 10.5. The van der Waals surface area contributed by atoms with E-state index in [0.29, 0.717) is 0 Å². The van der Waals surface area contributed by atoms with Crippen LogP contribution in [0.15, 0.2) is 0 Å². The Bertz CT molecular complexity index is 129. The number of halogens is 3. The monoisotopic (exact) mass is 197 g/mol. The van der Waals surface area contributed by atoms with E-state index < -0.39 is 18.6 Å². The zero-order valence-corrected chi connectivity index (χ0v) is 8.41. The fraction of sp³-hybridized carbons (Fsp3) is 1.00. The van der Waals surface area contributed by atoms with Crippen molar-refractivity contribution in [2.75, 3.05) is 0 Å². The highest BCUT2D eigenvalue weighted by atomic mass is 19.4. The molecule has 0 fully saturated rings. The first kappa shape index (κ1) is 12.8. The van der Waals surface area contributed by atoms with Crippen LogP contribution in [0.25, 0.3) is 0 Å². The molecule has 1 atom stereocenters. The third-order valence-electron chi connectivity index (χ3n) is 2.04. The van der Waals surface area contributed by atoms with Crippen molar-refractivity contribution >= 4 is 0 Å². The molecule has 1 unspecified atom stereocenters. The van der Waals surface area contributed by atoms with Gasteiger partial charge in [0, 0.05) is 12.1 Å². The summed E-state index contributed by atoms with van der Waals surface area (Å²) < 4.78 is 35.8. The summed E-state index contributed by atoms with van der Waals surface area (Å²) in [5.74, 6) is 0. The molecule has 0 saturated carbocycles. The van der Waals surface area contributed by atoms with Crippen LogP contribution in [0, 0.1) is 0 Å². The first-order valence-corrected chi connectivity index (χ1v) is 4.71. The molecule has 0 amide bonds. The molecule has 1 N–H and O–H groups in total. The normalized spacial score (nSPS) is 15.0. The Morgan fingerprint density at radius 1 is 1.15 bits per heavy atom. The van der Waals surface area contributed by atoms with Gasteiger partial charge in [0.25, 0.3) is 0 Å². The lowest BCUT2D eigenvalue weighted by Crippen LogP contribution is -2.38. The number of hydrogen-bond acceptors (Lipinski definition) is 1. The molecule has 0 radical (unpaired) electrons. The van der Waals surface area contributed by atoms with Gasteiger partial charge in [-0.3, -0.25) is 0 Å². The Morgan fingerprint density at radius 3 is 1.92 bits per heavy atom. The highest BCUT2D eigenvalue weighted by Crippen LogP contribution is 2.21. The van der Waals surface area contributed by atoms with Gasteiger partial charge in [0.05, 0.1) is 6.42 Å². The molecule has 0 heterocycles. The summed E-state index contributed by atoms with van der Waals surface area (Å²) in [7, 11) is 0. The minimum absolute atomic E-state index is 0.206. The third-order valence-corrected chi connectivity index (χ3v) is 2.04. The molecule has 0 aromatic rings. The molecule has 0 aliphatic carbocycles. The summed E-state index contributed by atoms with van der Waals surface area (Å²) in [5.41, 5.74) is 0. The number of rotatable bonds is 5. The van der Waals surface area contributed by atoms with Crippen molar-refractivity contribution in [3.05, 3.63) is 0 Å². The molecule has 0 aliphatic heterocycles. The topological polar surface area (TPSA) is 12.0 Å². The summed E-state index contributed by atoms with van der Waals surface area (Å²) >= 11 is 0. The first-order valence-electron chi connectivity index (χ1n) is 4.71. The standard InChI is InChI=1S/C9H18F3N/c1-4-8(5-2)13-7(3)6-9(10,11)12/h7-8,13H,4-6H2,1-3H3. The van der Waals surface area contributed by atoms with Gasteiger partial charge in [0.1, 0.15) is 0 Å². The van der Waals surface area contributed by atoms with Gasteiger partial charge in [-0.1, -0.05) is 13.8 Å². The van der Waals surface area contributed by atoms with Crippen LogP contribution in [0.2, 0.25) is 0 Å². The predicted molar refractivity (Wildman–Crippen MR) is 47.6 cm³/mol. The zero-order valence-electron chi connectivity index (χ0n) is 8.41. The number of nitrogens with one attached hydrogen (secondary N) is 1. The van der Waals surface area contributed by atoms with Gasteiger partial charge in [0.15, 0.2) is 0 Å². The van der Waals surface area contributed by atoms with Crippen molar-refractivity contribution in [3.63, 3.8) is 0 Å². The van der Waals surface area contributed by atoms with E-state index in [-0.39, 0.29) is 6.04 Å². The summed E-state index contributed by atoms with van der Waals surface area (Å²) in [6.45, 7) is 5.52. The predicted octanol–water partition coefficient (Wildman–Crippen LogP) is 3.11. The van der Waals surface area contributed by atoms with E-state index in [2.05, 4.69) is 5.32 Å². The van der Waals surface area contributed by atoms with Crippen LogP contribution in [0.4, 0.5) is 13.2 Å². The molecular weight excluding hydrogens is 179 g/mol. The number of alkyl halides is 3. The molecule has 0 aromatic heterocycles. The Kier molecular flexibility index (Phi) is 5.37. The van der Waals surface area contributed by atoms with E-state index >= 15 is 0 Å². The summed E-state index contributed by atoms with van der Waals surface area (Å²) in [6, 6.07) is -0.276. The molecule has 0 rings (SSSR count). The highest BCUT2D eigenvalue weighted by molar-refractivity contribution is 4.71. The Labute approximate surface area is 77.7 Å². The van der Waals surface area contributed by atoms with Gasteiger partial charge in [-0.15, -0.1) is 0 Å². The maximum atomic E-state index is 11.9. The van der Waals surface area contributed by atoms with Crippen LogP contribution in [-0.2, 0) is 0 Å². The lowest BCUT2D eigenvalue weighted by Gasteiger charge is -2.21. The van der Waals surface area contributed by atoms with E-state index in [1.165, 1.54) is 0 Å². The molecule has 4 heteroatoms. The molecule has 13 heavy (non-hydrogen) atoms. The van der Waals surface area contributed by atoms with Gasteiger partial charge < -0.3 is 5.32 Å². The Balaban J connectivity index is 3.79. The van der Waals surface area contributed by atoms with Crippen molar-refractivity contribution in [2.24, 2.45) is 0 Å². The van der Waals surface area contributed by atoms with Crippen LogP contribution >= 0.6 is 0 Å². The maximum Gasteiger partial charge on any atom is 0.390 e. The van der Waals surface area contributed by atoms with Crippen molar-refractivity contribution in [3.8, 4) is 0 Å². The third kappa shape index (κ3) is 6.87. The van der Waals surface area contributed by atoms with Crippen LogP contribution in [0.5, 0.6) is 0 Å². The average molecular weight is 197 g/mol. The molecule has 1 nitrogen and oxygen atoms in total. The highest BCUT2D eigenvalue weighted by Gasteiger charge is 2.30. The fourth-order valence-electron chi connectivity index (χ4n) is 1.33. The summed E-state index contributed by atoms with van der Waals surface area (Å²) in [6.07, 6.45) is -3.06. The first-order chi connectivity index (χ1) is 5.89. The maximum absolute atomic E-state index is 11.9. The van der Waals surface area contributed by atoms with Gasteiger partial charge >= 0.3 is 6.18 Å². The molecule has 0 aliphatic rings. The van der Waals surface area contributed by atoms with Crippen molar-refractivity contribution in [2.45, 2.75) is 58.3 Å². The van der Waals surface area contributed by atoms with Crippen molar-refractivity contribution in [1.29, 1.82) is 0 Å². The van der Waals surface area contributed by atoms with Crippen LogP contribution in [0.3, 0.4) is 0 Å². The molecule has 0 saturated heterocycles. The second-order valence-corrected chi connectivity index (χ2v) is 3.40. The van der Waals surface area contributed by atoms with E-state index in [4.69, 9.17) is 0 Å². The second kappa shape index (κ2) is 5.47. The van der Waals surface area contributed by atoms with Crippen molar-refractivity contribution in [1.82, 2.24) is 5.32 Å². The van der Waals surface area contributed by atoms with E-state index in [9.17, 15) is 13.2 Å². The van der Waals surface area contributed by atoms with Crippen LogP contribution in [0.1, 0.15) is 40.0 Å². The summed E-state index contributed by atoms with van der Waals surface area (Å²) in [5, 5.41) is 2.95. The minimum atomic E-state index is -4.06. The van der Waals surface area contributed by atoms with Crippen molar-refractivity contribution < 1.29 is 13.2 Å². The van der Waals surface area contributed by atoms with Gasteiger partial charge in [-0.2, -0.15) is 13.2 Å². The Hall–Kier alpha value is -0.250. The molecule has 80 valence electrons. The quantitative estimate of drug-likeness (QED) is 0.714. The van der Waals surface area contributed by atoms with E-state index in [0.717, 1.165) is 12.8 Å². The second-order valence-electron chi connectivity index (χ2n) is 3.40. The molecule has 0 spiro atoms. The van der Waals surface area contributed by atoms with E-state index in [1.807, 2.05) is 13.8 Å². The molecular formula is C9H18F3N. The van der Waals surface area contributed by atoms with Gasteiger partial charge in [-0.05, 0) is 19.8 Å². The van der Waals surface area contributed by atoms with Gasteiger partial charge in [-0.25, -0.2) is 0 Å². The largest absolute Gasteiger partial charge is 0.390 e. The van der Waals surface area contributed by atoms with E-state index in [1.54, 1.807) is 6.92 Å². The SMILES string of the molecule is CCC(CC)NC(C)CC(F)(F)F. The lowest BCUT2D eigenvalue weighted by atomic mass is 10.1. The number of hydrogen-bond donors (Lipinski definition) is 1. The Morgan fingerprint density at radius 2 is 1.62 bits per heavy atom. The lowest BCUT2D eigenvalue weighted by molar-refractivity contribution is -0.139. The molecule has 0 aromatic carbocycles. The smallest absolute Gasteiger partial charge is 0.311 e. The molecule has 0 bridgehead atoms. The van der Waals surface area contributed by atoms with Gasteiger partial charge in [0.2, 0.25) is 0 Å².